The minimum Gasteiger partial charge on any atom is -0.382 e. The number of hydrogen-bond donors (Lipinski definition) is 0. The third kappa shape index (κ3) is 23.7. The van der Waals surface area contributed by atoms with Crippen molar-refractivity contribution >= 4 is 10.4 Å². The van der Waals surface area contributed by atoms with Crippen molar-refractivity contribution in [1.82, 2.24) is 0 Å². The Morgan fingerprint density at radius 1 is 0.595 bits per heavy atom. The average molecular weight is 543 g/mol. The molecule has 0 saturated heterocycles. The maximum Gasteiger partial charge on any atom is 0.449 e. The van der Waals surface area contributed by atoms with E-state index in [1.807, 2.05) is 26.0 Å². The molecule has 6 heteroatoms. The summed E-state index contributed by atoms with van der Waals surface area (Å²) in [6.45, 7) is 10.3. The average Bonchev–Trinajstić information content (AvgIpc) is 2.88. The number of aryl methyl sites for hydroxylation is 1. The van der Waals surface area contributed by atoms with E-state index in [0.29, 0.717) is 5.75 Å². The minimum atomic E-state index is -4.01. The molecule has 1 aromatic rings. The minimum absolute atomic E-state index is 0.193. The van der Waals surface area contributed by atoms with Gasteiger partial charge in [-0.05, 0) is 44.7 Å². The van der Waals surface area contributed by atoms with Crippen LogP contribution in [-0.4, -0.2) is 28.2 Å². The van der Waals surface area contributed by atoms with Gasteiger partial charge in [0.2, 0.25) is 0 Å². The Morgan fingerprint density at radius 2 is 1.05 bits per heavy atom. The zero-order valence-electron chi connectivity index (χ0n) is 24.6. The Morgan fingerprint density at radius 3 is 1.54 bits per heavy atom. The van der Waals surface area contributed by atoms with Gasteiger partial charge < -0.3 is 8.92 Å². The van der Waals surface area contributed by atoms with E-state index < -0.39 is 10.4 Å². The van der Waals surface area contributed by atoms with Gasteiger partial charge in [-0.2, -0.15) is 8.42 Å². The molecular formula is C31H58O5S. The molecule has 218 valence electrons. The monoisotopic (exact) mass is 542 g/mol. The second kappa shape index (κ2) is 26.5. The summed E-state index contributed by atoms with van der Waals surface area (Å²) in [5.41, 5.74) is 0.937. The van der Waals surface area contributed by atoms with Crippen molar-refractivity contribution < 1.29 is 21.5 Å². The van der Waals surface area contributed by atoms with Gasteiger partial charge >= 0.3 is 10.4 Å². The largest absolute Gasteiger partial charge is 0.449 e. The Balaban J connectivity index is 0.00000235. The summed E-state index contributed by atoms with van der Waals surface area (Å²) in [6.07, 6.45) is 21.5. The molecule has 0 aliphatic rings. The zero-order chi connectivity index (χ0) is 27.5. The van der Waals surface area contributed by atoms with Crippen LogP contribution in [0.5, 0.6) is 5.75 Å². The molecular weight excluding hydrogens is 484 g/mol. The molecule has 0 aromatic heterocycles. The quantitative estimate of drug-likeness (QED) is 0.122. The van der Waals surface area contributed by atoms with Crippen molar-refractivity contribution in [1.29, 1.82) is 0 Å². The van der Waals surface area contributed by atoms with Crippen LogP contribution in [-0.2, 0) is 25.7 Å². The number of benzene rings is 1. The molecule has 1 aromatic carbocycles. The molecule has 37 heavy (non-hydrogen) atoms. The molecule has 0 spiro atoms. The number of para-hydroxylation sites is 1. The third-order valence-electron chi connectivity index (χ3n) is 6.35. The van der Waals surface area contributed by atoms with Gasteiger partial charge in [-0.1, -0.05) is 128 Å². The predicted octanol–water partition coefficient (Wildman–Crippen LogP) is 9.58. The van der Waals surface area contributed by atoms with Crippen LogP contribution in [0, 0.1) is 0 Å². The molecule has 0 aliphatic carbocycles. The molecule has 0 aliphatic heterocycles. The highest BCUT2D eigenvalue weighted by Gasteiger charge is 2.16. The van der Waals surface area contributed by atoms with Gasteiger partial charge in [-0.3, -0.25) is 0 Å². The summed E-state index contributed by atoms with van der Waals surface area (Å²) >= 11 is 0. The first kappa shape index (κ1) is 35.9. The molecule has 0 radical (unpaired) electrons. The molecule has 0 fully saturated rings. The van der Waals surface area contributed by atoms with Gasteiger partial charge in [0.1, 0.15) is 5.75 Å². The first-order chi connectivity index (χ1) is 18.0. The van der Waals surface area contributed by atoms with Crippen molar-refractivity contribution in [3.63, 3.8) is 0 Å². The summed E-state index contributed by atoms with van der Waals surface area (Å²) < 4.78 is 39.7. The van der Waals surface area contributed by atoms with Crippen LogP contribution >= 0.6 is 0 Å². The molecule has 0 bridgehead atoms. The van der Waals surface area contributed by atoms with Crippen molar-refractivity contribution in [3.05, 3.63) is 29.8 Å². The van der Waals surface area contributed by atoms with E-state index in [9.17, 15) is 8.42 Å². The second-order valence-corrected chi connectivity index (χ2v) is 11.0. The first-order valence-electron chi connectivity index (χ1n) is 15.2. The predicted molar refractivity (Wildman–Crippen MR) is 158 cm³/mol. The molecule has 1 rings (SSSR count). The van der Waals surface area contributed by atoms with Crippen molar-refractivity contribution in [2.45, 2.75) is 143 Å². The van der Waals surface area contributed by atoms with Crippen molar-refractivity contribution in [2.24, 2.45) is 0 Å². The fraction of sp³-hybridized carbons (Fsp3) is 0.806. The van der Waals surface area contributed by atoms with Crippen LogP contribution in [0.3, 0.4) is 0 Å². The highest BCUT2D eigenvalue weighted by atomic mass is 32.3. The van der Waals surface area contributed by atoms with Crippen LogP contribution in [0.15, 0.2) is 24.3 Å². The van der Waals surface area contributed by atoms with Crippen molar-refractivity contribution in [3.8, 4) is 5.75 Å². The summed E-state index contributed by atoms with van der Waals surface area (Å²) in [5, 5.41) is 0. The van der Waals surface area contributed by atoms with Crippen LogP contribution in [0.2, 0.25) is 0 Å². The lowest BCUT2D eigenvalue weighted by molar-refractivity contribution is 0.162. The molecule has 0 atom stereocenters. The maximum atomic E-state index is 12.2. The Kier molecular flexibility index (Phi) is 25.7. The molecule has 0 N–H and O–H groups in total. The SMILES string of the molecule is CCCCCCCCCCCCOS(=O)(=O)Oc1ccccc1CCCCCCCCC.CCOCC. The Labute approximate surface area is 230 Å². The summed E-state index contributed by atoms with van der Waals surface area (Å²) in [4.78, 5) is 0. The van der Waals surface area contributed by atoms with E-state index in [1.54, 1.807) is 12.1 Å². The molecule has 5 nitrogen and oxygen atoms in total. The molecule has 0 heterocycles. The smallest absolute Gasteiger partial charge is 0.382 e. The molecule has 0 amide bonds. The molecule has 0 saturated carbocycles. The topological polar surface area (TPSA) is 61.8 Å². The van der Waals surface area contributed by atoms with E-state index in [0.717, 1.165) is 50.9 Å². The fourth-order valence-corrected chi connectivity index (χ4v) is 4.91. The van der Waals surface area contributed by atoms with Gasteiger partial charge in [0, 0.05) is 13.2 Å². The number of hydrogen-bond acceptors (Lipinski definition) is 5. The van der Waals surface area contributed by atoms with E-state index in [2.05, 4.69) is 13.8 Å². The van der Waals surface area contributed by atoms with Crippen LogP contribution < -0.4 is 4.18 Å². The van der Waals surface area contributed by atoms with Gasteiger partial charge in [-0.15, -0.1) is 0 Å². The number of ether oxygens (including phenoxy) is 1. The van der Waals surface area contributed by atoms with Gasteiger partial charge in [0.15, 0.2) is 0 Å². The van der Waals surface area contributed by atoms with Gasteiger partial charge in [0.25, 0.3) is 0 Å². The number of unbranched alkanes of at least 4 members (excludes halogenated alkanes) is 15. The first-order valence-corrected chi connectivity index (χ1v) is 16.6. The fourth-order valence-electron chi connectivity index (χ4n) is 4.15. The summed E-state index contributed by atoms with van der Waals surface area (Å²) in [5.74, 6) is 0.404. The lowest BCUT2D eigenvalue weighted by Crippen LogP contribution is -2.15. The summed E-state index contributed by atoms with van der Waals surface area (Å²) in [6, 6.07) is 7.41. The second-order valence-electron chi connectivity index (χ2n) is 9.76. The standard InChI is InChI=1S/C27H48O4S.C4H10O/c1-3-5-7-9-11-12-13-15-17-21-25-30-32(28,29)31-27-24-20-19-23-26(27)22-18-16-14-10-8-6-4-2;1-3-5-4-2/h19-20,23-24H,3-18,21-22,25H2,1-2H3;3-4H2,1-2H3. The third-order valence-corrected chi connectivity index (χ3v) is 7.19. The van der Waals surface area contributed by atoms with Crippen molar-refractivity contribution in [2.75, 3.05) is 19.8 Å². The van der Waals surface area contributed by atoms with Gasteiger partial charge in [-0.25, -0.2) is 4.18 Å². The molecule has 0 unspecified atom stereocenters. The van der Waals surface area contributed by atoms with Crippen LogP contribution in [0.1, 0.15) is 142 Å². The van der Waals surface area contributed by atoms with E-state index in [4.69, 9.17) is 13.1 Å². The highest BCUT2D eigenvalue weighted by Crippen LogP contribution is 2.23. The Hall–Kier alpha value is -1.11. The maximum absolute atomic E-state index is 12.2. The Bertz CT molecular complexity index is 703. The van der Waals surface area contributed by atoms with E-state index >= 15 is 0 Å². The number of rotatable bonds is 24. The lowest BCUT2D eigenvalue weighted by atomic mass is 10.0. The lowest BCUT2D eigenvalue weighted by Gasteiger charge is -2.11. The zero-order valence-corrected chi connectivity index (χ0v) is 25.4. The van der Waals surface area contributed by atoms with Gasteiger partial charge in [0.05, 0.1) is 6.61 Å². The highest BCUT2D eigenvalue weighted by molar-refractivity contribution is 7.82. The van der Waals surface area contributed by atoms with E-state index in [1.165, 1.54) is 83.5 Å². The summed E-state index contributed by atoms with van der Waals surface area (Å²) in [7, 11) is -4.01. The van der Waals surface area contributed by atoms with Crippen LogP contribution in [0.4, 0.5) is 0 Å². The van der Waals surface area contributed by atoms with E-state index in [-0.39, 0.29) is 6.61 Å². The normalized spacial score (nSPS) is 11.2. The van der Waals surface area contributed by atoms with Crippen LogP contribution in [0.25, 0.3) is 0 Å².